The molecule has 1 aromatic heterocycles. The van der Waals surface area contributed by atoms with E-state index in [1.165, 1.54) is 12.3 Å². The van der Waals surface area contributed by atoms with E-state index in [0.29, 0.717) is 48.1 Å². The lowest BCUT2D eigenvalue weighted by Crippen LogP contribution is -2.45. The standard InChI is InChI=1S/C25H28FN5O4/c1-15-14-35-24-21-18(12-20(26)22(24)30-10-8-29(2)9-11-30)23(32)19(13-31(15)21)25(33)28-27-16-4-6-17(34-3)7-5-16/h4-7,12-13,15,27H,8-11,14H2,1-3H3,(H,28,33)/t15-/m0/s1. The number of aromatic nitrogens is 1. The fourth-order valence-electron chi connectivity index (χ4n) is 4.57. The van der Waals surface area contributed by atoms with Crippen LogP contribution >= 0.6 is 0 Å². The third-order valence-corrected chi connectivity index (χ3v) is 6.62. The summed E-state index contributed by atoms with van der Waals surface area (Å²) in [6.45, 7) is 5.17. The van der Waals surface area contributed by atoms with Crippen molar-refractivity contribution in [2.75, 3.05) is 57.3 Å². The molecule has 2 aromatic carbocycles. The van der Waals surface area contributed by atoms with Gasteiger partial charge in [0.05, 0.1) is 29.7 Å². The number of amides is 1. The largest absolute Gasteiger partial charge is 0.497 e. The van der Waals surface area contributed by atoms with Crippen LogP contribution in [0.15, 0.2) is 41.3 Å². The van der Waals surface area contributed by atoms with Crippen LogP contribution in [-0.2, 0) is 0 Å². The molecule has 0 radical (unpaired) electrons. The van der Waals surface area contributed by atoms with Crippen LogP contribution in [0.4, 0.5) is 15.8 Å². The monoisotopic (exact) mass is 481 g/mol. The molecule has 1 atom stereocenters. The Morgan fingerprint density at radius 1 is 1.17 bits per heavy atom. The van der Waals surface area contributed by atoms with E-state index in [1.807, 2.05) is 23.4 Å². The van der Waals surface area contributed by atoms with Gasteiger partial charge in [0.25, 0.3) is 5.91 Å². The number of halogens is 1. The predicted octanol–water partition coefficient (Wildman–Crippen LogP) is 2.61. The van der Waals surface area contributed by atoms with Gasteiger partial charge < -0.3 is 23.8 Å². The zero-order valence-electron chi connectivity index (χ0n) is 19.9. The third kappa shape index (κ3) is 4.14. The number of hydrogen-bond acceptors (Lipinski definition) is 7. The van der Waals surface area contributed by atoms with E-state index < -0.39 is 17.2 Å². The number of carbonyl (C=O) groups excluding carboxylic acids is 1. The van der Waals surface area contributed by atoms with Crippen LogP contribution in [0.25, 0.3) is 10.9 Å². The van der Waals surface area contributed by atoms with Crippen LogP contribution in [0.2, 0.25) is 0 Å². The molecule has 0 bridgehead atoms. The highest BCUT2D eigenvalue weighted by molar-refractivity contribution is 6.00. The van der Waals surface area contributed by atoms with Crippen molar-refractivity contribution in [3.8, 4) is 11.5 Å². The molecule has 184 valence electrons. The maximum atomic E-state index is 15.4. The van der Waals surface area contributed by atoms with Gasteiger partial charge in [0, 0.05) is 32.4 Å². The first-order chi connectivity index (χ1) is 16.9. The van der Waals surface area contributed by atoms with Gasteiger partial charge in [-0.2, -0.15) is 0 Å². The fraction of sp³-hybridized carbons (Fsp3) is 0.360. The van der Waals surface area contributed by atoms with E-state index in [0.717, 1.165) is 13.1 Å². The molecular formula is C25H28FN5O4. The number of hydrogen-bond donors (Lipinski definition) is 2. The Hall–Kier alpha value is -3.79. The van der Waals surface area contributed by atoms with Gasteiger partial charge in [0.15, 0.2) is 11.6 Å². The number of piperazine rings is 1. The Bertz CT molecular complexity index is 1330. The van der Waals surface area contributed by atoms with Gasteiger partial charge in [-0.15, -0.1) is 0 Å². The van der Waals surface area contributed by atoms with Crippen LogP contribution in [0.1, 0.15) is 23.3 Å². The number of benzene rings is 2. The first kappa shape index (κ1) is 23.0. The van der Waals surface area contributed by atoms with E-state index in [4.69, 9.17) is 9.47 Å². The lowest BCUT2D eigenvalue weighted by atomic mass is 10.0. The number of carbonyl (C=O) groups is 1. The highest BCUT2D eigenvalue weighted by Gasteiger charge is 2.31. The quantitative estimate of drug-likeness (QED) is 0.542. The van der Waals surface area contributed by atoms with Gasteiger partial charge >= 0.3 is 0 Å². The highest BCUT2D eigenvalue weighted by atomic mass is 19.1. The average molecular weight is 482 g/mol. The normalized spacial score (nSPS) is 17.7. The Kier molecular flexibility index (Phi) is 5.98. The summed E-state index contributed by atoms with van der Waals surface area (Å²) >= 11 is 0. The van der Waals surface area contributed by atoms with E-state index in [2.05, 4.69) is 15.8 Å². The fourth-order valence-corrected chi connectivity index (χ4v) is 4.57. The number of ether oxygens (including phenoxy) is 2. The summed E-state index contributed by atoms with van der Waals surface area (Å²) in [5.41, 5.74) is 6.24. The molecule has 35 heavy (non-hydrogen) atoms. The highest BCUT2D eigenvalue weighted by Crippen LogP contribution is 2.42. The van der Waals surface area contributed by atoms with Crippen molar-refractivity contribution in [2.24, 2.45) is 0 Å². The van der Waals surface area contributed by atoms with Crippen molar-refractivity contribution in [1.82, 2.24) is 14.9 Å². The summed E-state index contributed by atoms with van der Waals surface area (Å²) in [5, 5.41) is 0.124. The number of methoxy groups -OCH3 is 1. The molecule has 3 heterocycles. The second kappa shape index (κ2) is 9.10. The Morgan fingerprint density at radius 2 is 1.89 bits per heavy atom. The van der Waals surface area contributed by atoms with Gasteiger partial charge in [-0.3, -0.25) is 20.4 Å². The molecule has 1 fully saturated rings. The molecule has 2 aliphatic heterocycles. The van der Waals surface area contributed by atoms with E-state index in [1.54, 1.807) is 31.4 Å². The number of pyridine rings is 1. The van der Waals surface area contributed by atoms with Gasteiger partial charge in [-0.05, 0) is 44.3 Å². The minimum Gasteiger partial charge on any atom is -0.497 e. The second-order valence-electron chi connectivity index (χ2n) is 8.97. The first-order valence-corrected chi connectivity index (χ1v) is 11.6. The Balaban J connectivity index is 1.52. The van der Waals surface area contributed by atoms with Crippen LogP contribution in [0, 0.1) is 5.82 Å². The summed E-state index contributed by atoms with van der Waals surface area (Å²) < 4.78 is 28.4. The Labute approximate surface area is 202 Å². The van der Waals surface area contributed by atoms with E-state index in [-0.39, 0.29) is 17.0 Å². The van der Waals surface area contributed by atoms with Crippen LogP contribution in [0.5, 0.6) is 11.5 Å². The SMILES string of the molecule is COc1ccc(NNC(=O)c2cn3c4c(c(N5CCN(C)CC5)c(F)cc4c2=O)OC[C@@H]3C)cc1. The first-order valence-electron chi connectivity index (χ1n) is 11.6. The van der Waals surface area contributed by atoms with Crippen molar-refractivity contribution in [3.05, 3.63) is 58.1 Å². The molecule has 5 rings (SSSR count). The number of nitrogens with one attached hydrogen (secondary N) is 2. The second-order valence-corrected chi connectivity index (χ2v) is 8.97. The van der Waals surface area contributed by atoms with Crippen molar-refractivity contribution in [1.29, 1.82) is 0 Å². The minimum absolute atomic E-state index is 0.0787. The topological polar surface area (TPSA) is 88.1 Å². The molecule has 0 saturated carbocycles. The molecule has 0 aliphatic carbocycles. The predicted molar refractivity (Wildman–Crippen MR) is 132 cm³/mol. The summed E-state index contributed by atoms with van der Waals surface area (Å²) in [4.78, 5) is 30.5. The van der Waals surface area contributed by atoms with Gasteiger partial charge in [0.2, 0.25) is 5.43 Å². The molecule has 2 N–H and O–H groups in total. The van der Waals surface area contributed by atoms with E-state index >= 15 is 4.39 Å². The number of nitrogens with zero attached hydrogens (tertiary/aromatic N) is 3. The van der Waals surface area contributed by atoms with Crippen LogP contribution < -0.4 is 30.7 Å². The van der Waals surface area contributed by atoms with Gasteiger partial charge in [-0.1, -0.05) is 0 Å². The minimum atomic E-state index is -0.611. The van der Waals surface area contributed by atoms with Crippen molar-refractivity contribution in [2.45, 2.75) is 13.0 Å². The molecule has 9 nitrogen and oxygen atoms in total. The summed E-state index contributed by atoms with van der Waals surface area (Å²) in [7, 11) is 3.60. The average Bonchev–Trinajstić information content (AvgIpc) is 2.87. The molecule has 0 spiro atoms. The molecule has 2 aliphatic rings. The summed E-state index contributed by atoms with van der Waals surface area (Å²) in [6, 6.07) is 8.05. The van der Waals surface area contributed by atoms with Crippen molar-refractivity contribution < 1.29 is 18.7 Å². The number of hydrazine groups is 1. The summed E-state index contributed by atoms with van der Waals surface area (Å²) in [6.07, 6.45) is 1.54. The molecular weight excluding hydrogens is 453 g/mol. The van der Waals surface area contributed by atoms with Crippen molar-refractivity contribution >= 4 is 28.2 Å². The number of likely N-dealkylation sites (N-methyl/N-ethyl adjacent to an activating group) is 1. The zero-order chi connectivity index (χ0) is 24.7. The lowest BCUT2D eigenvalue weighted by Gasteiger charge is -2.37. The van der Waals surface area contributed by atoms with E-state index in [9.17, 15) is 9.59 Å². The van der Waals surface area contributed by atoms with Crippen LogP contribution in [-0.4, -0.2) is 62.3 Å². The van der Waals surface area contributed by atoms with Gasteiger partial charge in [0.1, 0.15) is 23.6 Å². The maximum absolute atomic E-state index is 15.4. The lowest BCUT2D eigenvalue weighted by molar-refractivity contribution is 0.0960. The molecule has 3 aromatic rings. The van der Waals surface area contributed by atoms with Crippen molar-refractivity contribution in [3.63, 3.8) is 0 Å². The van der Waals surface area contributed by atoms with Gasteiger partial charge in [-0.25, -0.2) is 4.39 Å². The smallest absolute Gasteiger partial charge is 0.275 e. The third-order valence-electron chi connectivity index (χ3n) is 6.62. The summed E-state index contributed by atoms with van der Waals surface area (Å²) in [5.74, 6) is -0.0915. The molecule has 1 amide bonds. The zero-order valence-corrected chi connectivity index (χ0v) is 19.9. The maximum Gasteiger partial charge on any atom is 0.275 e. The Morgan fingerprint density at radius 3 is 2.57 bits per heavy atom. The number of anilines is 2. The number of rotatable bonds is 5. The molecule has 0 unspecified atom stereocenters. The van der Waals surface area contributed by atoms with Crippen LogP contribution in [0.3, 0.4) is 0 Å². The molecule has 10 heteroatoms. The molecule has 1 saturated heterocycles.